The number of ketones is 1. The first-order valence-electron chi connectivity index (χ1n) is 15.6. The molecule has 4 saturated carbocycles. The molecule has 0 aromatic carbocycles. The number of thiophene rings is 1. The highest BCUT2D eigenvalue weighted by Gasteiger charge is 2.68. The highest BCUT2D eigenvalue weighted by molar-refractivity contribution is 8.00. The minimum Gasteiger partial charge on any atom is -0.461 e. The van der Waals surface area contributed by atoms with Crippen molar-refractivity contribution in [3.05, 3.63) is 35.0 Å². The monoisotopic (exact) mass is 632 g/mol. The number of hydrogen-bond donors (Lipinski definition) is 4. The highest BCUT2D eigenvalue weighted by Crippen LogP contribution is 2.68. The molecule has 5 N–H and O–H groups in total. The van der Waals surface area contributed by atoms with Crippen LogP contribution in [0.3, 0.4) is 0 Å². The first kappa shape index (κ1) is 32.7. The second-order valence-electron chi connectivity index (χ2n) is 14.4. The minimum atomic E-state index is -0.975. The van der Waals surface area contributed by atoms with E-state index in [1.165, 1.54) is 23.1 Å². The van der Waals surface area contributed by atoms with Crippen molar-refractivity contribution in [2.45, 2.75) is 103 Å². The number of aliphatic hydroxyl groups excluding tert-OH is 1. The molecule has 43 heavy (non-hydrogen) atoms. The number of hydrogen-bond acceptors (Lipinski definition) is 9. The van der Waals surface area contributed by atoms with Crippen molar-refractivity contribution < 1.29 is 29.3 Å². The molecule has 238 valence electrons. The SMILES string of the molecule is C=C[C@]1(C)C[C@@H](OC(=O)CSCC2(O)CC(NC(=O)C(N)c3cccs3)C2)[C@]2(C)C(C)CC[C@]3(CCC(=O)C32)[C@@H](C)[C@@H]1O. The van der Waals surface area contributed by atoms with Crippen LogP contribution in [0.15, 0.2) is 30.2 Å². The second-order valence-corrected chi connectivity index (χ2v) is 16.4. The van der Waals surface area contributed by atoms with Crippen LogP contribution < -0.4 is 11.1 Å². The average Bonchev–Trinajstić information content (AvgIpc) is 3.61. The molecule has 8 nitrogen and oxygen atoms in total. The lowest BCUT2D eigenvalue weighted by Gasteiger charge is -2.61. The third kappa shape index (κ3) is 5.64. The van der Waals surface area contributed by atoms with E-state index in [0.717, 1.165) is 24.1 Å². The van der Waals surface area contributed by atoms with Crippen molar-refractivity contribution in [3.8, 4) is 0 Å². The molecule has 1 heterocycles. The van der Waals surface area contributed by atoms with E-state index >= 15 is 0 Å². The Hall–Kier alpha value is -1.72. The van der Waals surface area contributed by atoms with Crippen molar-refractivity contribution in [3.63, 3.8) is 0 Å². The number of carbonyl (C=O) groups excluding carboxylic acids is 3. The lowest BCUT2D eigenvalue weighted by atomic mass is 9.44. The van der Waals surface area contributed by atoms with Gasteiger partial charge >= 0.3 is 5.97 Å². The molecule has 10 heteroatoms. The minimum absolute atomic E-state index is 0.0665. The molecule has 4 aliphatic rings. The number of amides is 1. The van der Waals surface area contributed by atoms with Crippen molar-refractivity contribution in [2.24, 2.45) is 39.7 Å². The van der Waals surface area contributed by atoms with Gasteiger partial charge < -0.3 is 26.0 Å². The van der Waals surface area contributed by atoms with E-state index in [0.29, 0.717) is 31.4 Å². The van der Waals surface area contributed by atoms with E-state index in [2.05, 4.69) is 32.7 Å². The van der Waals surface area contributed by atoms with Gasteiger partial charge in [0.25, 0.3) is 0 Å². The Morgan fingerprint density at radius 1 is 1.28 bits per heavy atom. The van der Waals surface area contributed by atoms with Gasteiger partial charge in [0.05, 0.1) is 17.5 Å². The number of esters is 1. The van der Waals surface area contributed by atoms with Gasteiger partial charge in [-0.3, -0.25) is 14.4 Å². The standard InChI is InChI=1S/C33H48N2O6S2/c1-6-30(4)16-24(31(5)19(2)9-11-33(20(3)28(30)38)12-10-22(36)27(31)33)41-25(37)17-42-18-32(40)14-21(15-32)35-29(39)26(34)23-8-7-13-43-23/h6-8,13,19-21,24,26-28,38,40H,1,9-12,14-18,34H2,2-5H3,(H,35,39)/t19?,20-,21?,24+,26?,27?,28-,30+,31-,32?,33-/m0/s1. The molecular formula is C33H48N2O6S2. The Kier molecular flexibility index (Phi) is 9.04. The molecule has 2 bridgehead atoms. The molecule has 5 rings (SSSR count). The maximum absolute atomic E-state index is 13.6. The quantitative estimate of drug-likeness (QED) is 0.232. The largest absolute Gasteiger partial charge is 0.461 e. The zero-order valence-corrected chi connectivity index (χ0v) is 27.5. The maximum atomic E-state index is 13.6. The van der Waals surface area contributed by atoms with Crippen LogP contribution in [0.2, 0.25) is 0 Å². The number of rotatable bonds is 9. The van der Waals surface area contributed by atoms with Gasteiger partial charge in [-0.1, -0.05) is 39.8 Å². The molecule has 4 aliphatic carbocycles. The van der Waals surface area contributed by atoms with Crippen LogP contribution in [-0.2, 0) is 19.1 Å². The Bertz CT molecular complexity index is 1230. The number of Topliss-reactive ketones (excluding diaryl/α,β-unsaturated/α-hetero) is 1. The third-order valence-corrected chi connectivity index (χ3v) is 14.0. The number of ether oxygens (including phenoxy) is 1. The van der Waals surface area contributed by atoms with Crippen LogP contribution in [-0.4, -0.2) is 63.2 Å². The van der Waals surface area contributed by atoms with Crippen molar-refractivity contribution in [1.82, 2.24) is 5.32 Å². The predicted octanol–water partition coefficient (Wildman–Crippen LogP) is 4.40. The summed E-state index contributed by atoms with van der Waals surface area (Å²) in [5.74, 6) is -0.161. The molecule has 1 aromatic heterocycles. The Morgan fingerprint density at radius 3 is 2.65 bits per heavy atom. The van der Waals surface area contributed by atoms with E-state index in [9.17, 15) is 24.6 Å². The summed E-state index contributed by atoms with van der Waals surface area (Å²) >= 11 is 2.75. The number of nitrogens with one attached hydrogen (secondary N) is 1. The van der Waals surface area contributed by atoms with E-state index in [1.54, 1.807) is 6.08 Å². The summed E-state index contributed by atoms with van der Waals surface area (Å²) < 4.78 is 6.30. The molecule has 4 fully saturated rings. The number of thioether (sulfide) groups is 1. The molecular weight excluding hydrogens is 585 g/mol. The Morgan fingerprint density at radius 2 is 2.00 bits per heavy atom. The van der Waals surface area contributed by atoms with Crippen LogP contribution >= 0.6 is 23.1 Å². The first-order chi connectivity index (χ1) is 20.2. The van der Waals surface area contributed by atoms with Crippen molar-refractivity contribution >= 4 is 40.8 Å². The molecule has 3 unspecified atom stereocenters. The molecule has 0 spiro atoms. The van der Waals surface area contributed by atoms with Crippen LogP contribution in [0.5, 0.6) is 0 Å². The van der Waals surface area contributed by atoms with Crippen LogP contribution in [0.4, 0.5) is 0 Å². The van der Waals surface area contributed by atoms with E-state index in [1.807, 2.05) is 24.4 Å². The molecule has 1 amide bonds. The van der Waals surface area contributed by atoms with Gasteiger partial charge in [-0.15, -0.1) is 29.7 Å². The molecule has 1 aromatic rings. The van der Waals surface area contributed by atoms with Gasteiger partial charge in [0.15, 0.2) is 0 Å². The third-order valence-electron chi connectivity index (χ3n) is 11.9. The van der Waals surface area contributed by atoms with Gasteiger partial charge in [0.1, 0.15) is 17.9 Å². The molecule has 9 atom stereocenters. The number of nitrogens with two attached hydrogens (primary N) is 1. The van der Waals surface area contributed by atoms with Gasteiger partial charge in [-0.25, -0.2) is 0 Å². The molecule has 0 radical (unpaired) electrons. The van der Waals surface area contributed by atoms with Crippen LogP contribution in [0.25, 0.3) is 0 Å². The fraction of sp³-hybridized carbons (Fsp3) is 0.727. The summed E-state index contributed by atoms with van der Waals surface area (Å²) in [6.07, 6.45) is 4.83. The summed E-state index contributed by atoms with van der Waals surface area (Å²) in [6, 6.07) is 2.80. The summed E-state index contributed by atoms with van der Waals surface area (Å²) in [5, 5.41) is 27.4. The Balaban J connectivity index is 1.22. The number of carbonyl (C=O) groups is 3. The smallest absolute Gasteiger partial charge is 0.316 e. The summed E-state index contributed by atoms with van der Waals surface area (Å²) in [4.78, 5) is 40.2. The van der Waals surface area contributed by atoms with E-state index in [4.69, 9.17) is 10.5 Å². The van der Waals surface area contributed by atoms with Crippen LogP contribution in [0, 0.1) is 34.0 Å². The first-order valence-corrected chi connectivity index (χ1v) is 17.7. The zero-order valence-electron chi connectivity index (χ0n) is 25.8. The fourth-order valence-electron chi connectivity index (χ4n) is 8.98. The van der Waals surface area contributed by atoms with Crippen LogP contribution in [0.1, 0.15) is 83.6 Å². The normalized spacial score (nSPS) is 43.0. The second kappa shape index (κ2) is 11.9. The van der Waals surface area contributed by atoms with Gasteiger partial charge in [-0.05, 0) is 67.2 Å². The fourth-order valence-corrected chi connectivity index (χ4v) is 10.7. The summed E-state index contributed by atoms with van der Waals surface area (Å²) in [5.41, 5.74) is 3.54. The lowest BCUT2D eigenvalue weighted by molar-refractivity contribution is -0.205. The van der Waals surface area contributed by atoms with Crippen molar-refractivity contribution in [1.29, 1.82) is 0 Å². The molecule has 0 aliphatic heterocycles. The van der Waals surface area contributed by atoms with Gasteiger partial charge in [0, 0.05) is 39.8 Å². The van der Waals surface area contributed by atoms with Gasteiger partial charge in [-0.2, -0.15) is 0 Å². The topological polar surface area (TPSA) is 139 Å². The number of aliphatic hydroxyl groups is 2. The predicted molar refractivity (Wildman–Crippen MR) is 169 cm³/mol. The van der Waals surface area contributed by atoms with E-state index in [-0.39, 0.29) is 52.6 Å². The summed E-state index contributed by atoms with van der Waals surface area (Å²) in [7, 11) is 0. The highest BCUT2D eigenvalue weighted by atomic mass is 32.2. The van der Waals surface area contributed by atoms with Crippen molar-refractivity contribution in [2.75, 3.05) is 11.5 Å². The van der Waals surface area contributed by atoms with Gasteiger partial charge in [0.2, 0.25) is 5.91 Å². The average molecular weight is 633 g/mol. The molecule has 0 saturated heterocycles. The maximum Gasteiger partial charge on any atom is 0.316 e. The summed E-state index contributed by atoms with van der Waals surface area (Å²) in [6.45, 7) is 12.5. The zero-order chi connectivity index (χ0) is 31.4. The Labute approximate surface area is 263 Å². The van der Waals surface area contributed by atoms with E-state index < -0.39 is 34.7 Å². The lowest BCUT2D eigenvalue weighted by Crippen LogP contribution is -2.63.